The first-order valence-corrected chi connectivity index (χ1v) is 2.38. The predicted octanol–water partition coefficient (Wildman–Crippen LogP) is 0.460. The second-order valence-electron chi connectivity index (χ2n) is 1.62. The maximum atomic E-state index is 5.43. The fourth-order valence-corrected chi connectivity index (χ4v) is 0.476. The molecule has 2 heteroatoms. The van der Waals surface area contributed by atoms with E-state index in [4.69, 9.17) is 5.73 Å². The minimum atomic E-state index is 0.701. The van der Waals surface area contributed by atoms with Crippen molar-refractivity contribution in [1.29, 1.82) is 0 Å². The molecular weight excluding hydrogens is 100 g/mol. The third-order valence-corrected chi connectivity index (χ3v) is 0.990. The summed E-state index contributed by atoms with van der Waals surface area (Å²) in [6.45, 7) is 3.68. The molecule has 0 amide bonds. The van der Waals surface area contributed by atoms with Gasteiger partial charge in [0.05, 0.1) is 5.70 Å². The highest BCUT2D eigenvalue weighted by molar-refractivity contribution is 5.37. The zero-order valence-electron chi connectivity index (χ0n) is 4.52. The average molecular weight is 108 g/mol. The molecule has 0 spiro atoms. The number of hydrogen-bond acceptors (Lipinski definition) is 2. The molecule has 0 fully saturated rings. The summed E-state index contributed by atoms with van der Waals surface area (Å²) in [6, 6.07) is 0. The van der Waals surface area contributed by atoms with E-state index in [9.17, 15) is 0 Å². The summed E-state index contributed by atoms with van der Waals surface area (Å²) in [5.41, 5.74) is 6.99. The average Bonchev–Trinajstić information content (AvgIpc) is 1.77. The first-order chi connectivity index (χ1) is 3.80. The predicted molar refractivity (Wildman–Crippen MR) is 33.7 cm³/mol. The van der Waals surface area contributed by atoms with Crippen molar-refractivity contribution in [1.82, 2.24) is 5.32 Å². The standard InChI is InChI=1S/C6H8N2/c1-5-2-3-8-4-6(5)7/h2-4,8H,1,7H2. The van der Waals surface area contributed by atoms with Crippen molar-refractivity contribution in [2.24, 2.45) is 5.73 Å². The van der Waals surface area contributed by atoms with Crippen LogP contribution < -0.4 is 11.1 Å². The van der Waals surface area contributed by atoms with Gasteiger partial charge in [-0.25, -0.2) is 0 Å². The lowest BCUT2D eigenvalue weighted by molar-refractivity contribution is 1.11. The van der Waals surface area contributed by atoms with Gasteiger partial charge in [0, 0.05) is 12.4 Å². The minimum absolute atomic E-state index is 0.701. The number of nitrogens with one attached hydrogen (secondary N) is 1. The van der Waals surface area contributed by atoms with Crippen LogP contribution in [0.25, 0.3) is 0 Å². The van der Waals surface area contributed by atoms with Crippen LogP contribution in [0.1, 0.15) is 0 Å². The summed E-state index contributed by atoms with van der Waals surface area (Å²) in [7, 11) is 0. The molecule has 0 unspecified atom stereocenters. The molecule has 0 bridgehead atoms. The topological polar surface area (TPSA) is 38.0 Å². The van der Waals surface area contributed by atoms with Crippen LogP contribution in [0, 0.1) is 0 Å². The van der Waals surface area contributed by atoms with Crippen molar-refractivity contribution >= 4 is 0 Å². The van der Waals surface area contributed by atoms with Crippen molar-refractivity contribution in [3.63, 3.8) is 0 Å². The zero-order chi connectivity index (χ0) is 5.98. The van der Waals surface area contributed by atoms with Crippen LogP contribution >= 0.6 is 0 Å². The van der Waals surface area contributed by atoms with Crippen molar-refractivity contribution in [2.75, 3.05) is 0 Å². The Balaban J connectivity index is 2.78. The van der Waals surface area contributed by atoms with Crippen LogP contribution in [0.2, 0.25) is 0 Å². The van der Waals surface area contributed by atoms with E-state index < -0.39 is 0 Å². The molecule has 2 nitrogen and oxygen atoms in total. The molecule has 8 heavy (non-hydrogen) atoms. The molecule has 1 rings (SSSR count). The summed E-state index contributed by atoms with van der Waals surface area (Å²) in [4.78, 5) is 0. The first-order valence-electron chi connectivity index (χ1n) is 2.38. The number of hydrogen-bond donors (Lipinski definition) is 2. The summed E-state index contributed by atoms with van der Waals surface area (Å²) in [5, 5.41) is 2.84. The van der Waals surface area contributed by atoms with Gasteiger partial charge in [0.2, 0.25) is 0 Å². The Kier molecular flexibility index (Phi) is 1.08. The molecular formula is C6H8N2. The number of nitrogens with two attached hydrogens (primary N) is 1. The molecule has 3 N–H and O–H groups in total. The molecule has 0 aromatic heterocycles. The second-order valence-corrected chi connectivity index (χ2v) is 1.62. The third-order valence-electron chi connectivity index (χ3n) is 0.990. The summed E-state index contributed by atoms with van der Waals surface area (Å²) in [5.74, 6) is 0. The maximum absolute atomic E-state index is 5.43. The normalized spacial score (nSPS) is 17.5. The van der Waals surface area contributed by atoms with Gasteiger partial charge in [0.1, 0.15) is 0 Å². The highest BCUT2D eigenvalue weighted by Crippen LogP contribution is 2.03. The van der Waals surface area contributed by atoms with Gasteiger partial charge < -0.3 is 11.1 Å². The Morgan fingerprint density at radius 2 is 2.38 bits per heavy atom. The van der Waals surface area contributed by atoms with E-state index in [2.05, 4.69) is 11.9 Å². The van der Waals surface area contributed by atoms with E-state index in [-0.39, 0.29) is 0 Å². The van der Waals surface area contributed by atoms with Gasteiger partial charge in [-0.15, -0.1) is 0 Å². The third kappa shape index (κ3) is 0.729. The van der Waals surface area contributed by atoms with Gasteiger partial charge in [-0.05, 0) is 11.6 Å². The van der Waals surface area contributed by atoms with Crippen LogP contribution in [0.15, 0.2) is 36.3 Å². The lowest BCUT2D eigenvalue weighted by Crippen LogP contribution is -2.08. The van der Waals surface area contributed by atoms with E-state index in [1.54, 1.807) is 12.4 Å². The van der Waals surface area contributed by atoms with E-state index in [0.29, 0.717) is 5.70 Å². The van der Waals surface area contributed by atoms with Gasteiger partial charge in [-0.3, -0.25) is 0 Å². The van der Waals surface area contributed by atoms with Gasteiger partial charge >= 0.3 is 0 Å². The van der Waals surface area contributed by atoms with Crippen LogP contribution in [0.4, 0.5) is 0 Å². The molecule has 1 aliphatic heterocycles. The van der Waals surface area contributed by atoms with Gasteiger partial charge in [-0.1, -0.05) is 6.58 Å². The Bertz CT molecular complexity index is 165. The Morgan fingerprint density at radius 1 is 1.62 bits per heavy atom. The first kappa shape index (κ1) is 4.97. The summed E-state index contributed by atoms with van der Waals surface area (Å²) < 4.78 is 0. The van der Waals surface area contributed by atoms with Gasteiger partial charge in [0.15, 0.2) is 0 Å². The molecule has 0 saturated heterocycles. The molecule has 1 aliphatic rings. The molecule has 0 atom stereocenters. The zero-order valence-corrected chi connectivity index (χ0v) is 4.52. The summed E-state index contributed by atoms with van der Waals surface area (Å²) in [6.07, 6.45) is 5.33. The molecule has 42 valence electrons. The largest absolute Gasteiger partial charge is 0.397 e. The SMILES string of the molecule is C=C1C=CNC=C1N. The Morgan fingerprint density at radius 3 is 2.75 bits per heavy atom. The van der Waals surface area contributed by atoms with E-state index >= 15 is 0 Å². The number of rotatable bonds is 0. The van der Waals surface area contributed by atoms with E-state index in [1.165, 1.54) is 0 Å². The van der Waals surface area contributed by atoms with Crippen molar-refractivity contribution in [2.45, 2.75) is 0 Å². The second kappa shape index (κ2) is 1.74. The number of allylic oxidation sites excluding steroid dienone is 1. The van der Waals surface area contributed by atoms with Crippen LogP contribution in [0.3, 0.4) is 0 Å². The number of dihydropyridines is 1. The fraction of sp³-hybridized carbons (Fsp3) is 0. The summed E-state index contributed by atoms with van der Waals surface area (Å²) >= 11 is 0. The molecule has 0 aromatic carbocycles. The fourth-order valence-electron chi connectivity index (χ4n) is 0.476. The molecule has 0 aromatic rings. The van der Waals surface area contributed by atoms with Gasteiger partial charge in [0.25, 0.3) is 0 Å². The van der Waals surface area contributed by atoms with E-state index in [0.717, 1.165) is 5.57 Å². The monoisotopic (exact) mass is 108 g/mol. The lowest BCUT2D eigenvalue weighted by Gasteiger charge is -2.04. The Labute approximate surface area is 48.4 Å². The van der Waals surface area contributed by atoms with Crippen molar-refractivity contribution in [3.8, 4) is 0 Å². The molecule has 0 aliphatic carbocycles. The van der Waals surface area contributed by atoms with Crippen LogP contribution in [0.5, 0.6) is 0 Å². The van der Waals surface area contributed by atoms with Gasteiger partial charge in [-0.2, -0.15) is 0 Å². The minimum Gasteiger partial charge on any atom is -0.397 e. The smallest absolute Gasteiger partial charge is 0.0545 e. The molecule has 0 saturated carbocycles. The molecule has 1 heterocycles. The highest BCUT2D eigenvalue weighted by atomic mass is 14.8. The lowest BCUT2D eigenvalue weighted by atomic mass is 10.2. The maximum Gasteiger partial charge on any atom is 0.0545 e. The van der Waals surface area contributed by atoms with Crippen LogP contribution in [-0.2, 0) is 0 Å². The quantitative estimate of drug-likeness (QED) is 0.473. The van der Waals surface area contributed by atoms with E-state index in [1.807, 2.05) is 6.08 Å². The van der Waals surface area contributed by atoms with Crippen molar-refractivity contribution in [3.05, 3.63) is 36.3 Å². The van der Waals surface area contributed by atoms with Crippen LogP contribution in [-0.4, -0.2) is 0 Å². The Hall–Kier alpha value is -1.18. The molecule has 0 radical (unpaired) electrons. The van der Waals surface area contributed by atoms with Crippen molar-refractivity contribution < 1.29 is 0 Å². The highest BCUT2D eigenvalue weighted by Gasteiger charge is 1.94.